The van der Waals surface area contributed by atoms with Gasteiger partial charge >= 0.3 is 24.1 Å². The number of nitrogens with one attached hydrogen (secondary N) is 2. The monoisotopic (exact) mass is 514 g/mol. The van der Waals surface area contributed by atoms with Gasteiger partial charge in [0.15, 0.2) is 0 Å². The summed E-state index contributed by atoms with van der Waals surface area (Å²) in [5, 5.41) is 6.38. The van der Waals surface area contributed by atoms with Crippen LogP contribution in [0.15, 0.2) is 0 Å². The number of hydrogen-bond acceptors (Lipinski definition) is 10. The van der Waals surface area contributed by atoms with Crippen LogP contribution in [0.4, 0.5) is 9.59 Å². The van der Waals surface area contributed by atoms with Gasteiger partial charge in [-0.2, -0.15) is 0 Å². The number of nitrogens with zero attached hydrogens (tertiary/aromatic N) is 2. The van der Waals surface area contributed by atoms with Crippen molar-refractivity contribution in [2.75, 3.05) is 39.4 Å². The van der Waals surface area contributed by atoms with Crippen LogP contribution in [0.25, 0.3) is 0 Å². The summed E-state index contributed by atoms with van der Waals surface area (Å²) in [6.07, 6.45) is -0.885. The van der Waals surface area contributed by atoms with E-state index in [9.17, 15) is 19.2 Å². The molecule has 36 heavy (non-hydrogen) atoms. The number of carbonyl (C=O) groups excluding carboxylic acids is 4. The Bertz CT molecular complexity index is 741. The van der Waals surface area contributed by atoms with Crippen molar-refractivity contribution in [1.29, 1.82) is 0 Å². The molecule has 0 spiro atoms. The van der Waals surface area contributed by atoms with E-state index in [2.05, 4.69) is 10.6 Å². The van der Waals surface area contributed by atoms with Gasteiger partial charge in [0, 0.05) is 38.3 Å². The summed E-state index contributed by atoms with van der Waals surface area (Å²) in [6, 6.07) is -0.894. The van der Waals surface area contributed by atoms with Gasteiger partial charge in [0.2, 0.25) is 0 Å². The van der Waals surface area contributed by atoms with Crippen molar-refractivity contribution in [3.63, 3.8) is 0 Å². The van der Waals surface area contributed by atoms with E-state index in [1.807, 2.05) is 13.8 Å². The lowest BCUT2D eigenvalue weighted by atomic mass is 10.1. The summed E-state index contributed by atoms with van der Waals surface area (Å²) in [5.74, 6) is -2.24. The molecule has 2 saturated heterocycles. The van der Waals surface area contributed by atoms with Gasteiger partial charge in [0.25, 0.3) is 0 Å². The second-order valence-corrected chi connectivity index (χ2v) is 11.4. The Hall–Kier alpha value is -2.60. The summed E-state index contributed by atoms with van der Waals surface area (Å²) in [4.78, 5) is 52.4. The molecule has 2 N–H and O–H groups in total. The normalized spacial score (nSPS) is 25.1. The zero-order valence-electron chi connectivity index (χ0n) is 22.7. The molecule has 2 aliphatic rings. The lowest BCUT2D eigenvalue weighted by molar-refractivity contribution is -0.169. The van der Waals surface area contributed by atoms with Crippen LogP contribution < -0.4 is 10.6 Å². The molecule has 0 unspecified atom stereocenters. The van der Waals surface area contributed by atoms with Gasteiger partial charge in [0.1, 0.15) is 24.4 Å². The third kappa shape index (κ3) is 9.45. The molecule has 12 nitrogen and oxygen atoms in total. The molecule has 0 aromatic heterocycles. The molecule has 4 atom stereocenters. The molecule has 0 aromatic rings. The molecule has 0 aromatic carbocycles. The average molecular weight is 515 g/mol. The lowest BCUT2D eigenvalue weighted by Crippen LogP contribution is -2.59. The maximum Gasteiger partial charge on any atom is 0.417 e. The largest absolute Gasteiger partial charge is 0.456 e. The van der Waals surface area contributed by atoms with E-state index in [-0.39, 0.29) is 50.5 Å². The number of amides is 2. The Morgan fingerprint density at radius 3 is 1.33 bits per heavy atom. The maximum atomic E-state index is 12.5. The molecular formula is C24H42N4O8. The fourth-order valence-electron chi connectivity index (χ4n) is 3.70. The molecule has 0 aliphatic carbocycles. The Balaban J connectivity index is 1.78. The summed E-state index contributed by atoms with van der Waals surface area (Å²) in [5.41, 5.74) is -1.24. The number of piperazine rings is 2. The van der Waals surface area contributed by atoms with E-state index in [4.69, 9.17) is 18.9 Å². The Morgan fingerprint density at radius 2 is 1.03 bits per heavy atom. The molecule has 2 amide bonds. The predicted octanol–water partition coefficient (Wildman–Crippen LogP) is 1.27. The Morgan fingerprint density at radius 1 is 0.694 bits per heavy atom. The standard InChI is InChI=1S/C24H42N4O8/c1-15-9-25-17(11-27(15)21(31)35-23(3,4)5)13-33-19(29)20(30)34-14-18-12-28(16(2)10-26-18)22(32)36-24(6,7)8/h15-18,25-26H,9-14H2,1-8H3/t15-,16-,17-,18-/m1/s1. The minimum absolute atomic E-state index is 0.0947. The quantitative estimate of drug-likeness (QED) is 0.321. The van der Waals surface area contributed by atoms with Crippen molar-refractivity contribution in [3.05, 3.63) is 0 Å². The highest BCUT2D eigenvalue weighted by atomic mass is 16.6. The molecule has 2 fully saturated rings. The topological polar surface area (TPSA) is 136 Å². The third-order valence-corrected chi connectivity index (χ3v) is 5.56. The summed E-state index contributed by atoms with van der Waals surface area (Å²) in [6.45, 7) is 15.8. The second-order valence-electron chi connectivity index (χ2n) is 11.4. The van der Waals surface area contributed by atoms with Gasteiger partial charge in [0.05, 0.1) is 12.1 Å². The Kier molecular flexibility index (Phi) is 9.95. The highest BCUT2D eigenvalue weighted by Crippen LogP contribution is 2.16. The molecule has 2 heterocycles. The maximum absolute atomic E-state index is 12.5. The molecule has 12 heteroatoms. The van der Waals surface area contributed by atoms with Crippen LogP contribution in [0.1, 0.15) is 55.4 Å². The fraction of sp³-hybridized carbons (Fsp3) is 0.833. The van der Waals surface area contributed by atoms with Crippen LogP contribution in [0, 0.1) is 0 Å². The van der Waals surface area contributed by atoms with Crippen molar-refractivity contribution in [2.45, 2.75) is 90.8 Å². The molecular weight excluding hydrogens is 472 g/mol. The zero-order chi connectivity index (χ0) is 27.3. The van der Waals surface area contributed by atoms with Gasteiger partial charge in [-0.3, -0.25) is 0 Å². The van der Waals surface area contributed by atoms with Gasteiger partial charge < -0.3 is 39.4 Å². The van der Waals surface area contributed by atoms with Gasteiger partial charge in [-0.15, -0.1) is 0 Å². The van der Waals surface area contributed by atoms with E-state index in [0.717, 1.165) is 0 Å². The van der Waals surface area contributed by atoms with Crippen LogP contribution in [0.2, 0.25) is 0 Å². The van der Waals surface area contributed by atoms with Gasteiger partial charge in [-0.1, -0.05) is 0 Å². The van der Waals surface area contributed by atoms with E-state index in [1.54, 1.807) is 51.3 Å². The van der Waals surface area contributed by atoms with Crippen molar-refractivity contribution < 1.29 is 38.1 Å². The second kappa shape index (κ2) is 12.1. The zero-order valence-corrected chi connectivity index (χ0v) is 22.7. The molecule has 2 aliphatic heterocycles. The van der Waals surface area contributed by atoms with E-state index in [1.165, 1.54) is 0 Å². The molecule has 206 valence electrons. The van der Waals surface area contributed by atoms with Crippen LogP contribution in [-0.4, -0.2) is 109 Å². The minimum atomic E-state index is -1.12. The summed E-state index contributed by atoms with van der Waals surface area (Å²) < 4.78 is 21.1. The first-order chi connectivity index (χ1) is 16.6. The molecule has 0 radical (unpaired) electrons. The van der Waals surface area contributed by atoms with E-state index < -0.39 is 35.3 Å². The number of rotatable bonds is 4. The van der Waals surface area contributed by atoms with Gasteiger partial charge in [-0.25, -0.2) is 19.2 Å². The van der Waals surface area contributed by atoms with Crippen molar-refractivity contribution >= 4 is 24.1 Å². The SMILES string of the molecule is C[C@@H]1CN[C@@H](COC(=O)C(=O)OC[C@H]2CN(C(=O)OC(C)(C)C)[C@H](C)CN2)CN1C(=O)OC(C)(C)C. The first-order valence-electron chi connectivity index (χ1n) is 12.4. The molecule has 2 rings (SSSR count). The highest BCUT2D eigenvalue weighted by Gasteiger charge is 2.34. The number of carbonyl (C=O) groups is 4. The van der Waals surface area contributed by atoms with Crippen LogP contribution in [0.3, 0.4) is 0 Å². The lowest BCUT2D eigenvalue weighted by Gasteiger charge is -2.39. The molecule has 0 saturated carbocycles. The minimum Gasteiger partial charge on any atom is -0.456 e. The first-order valence-corrected chi connectivity index (χ1v) is 12.4. The van der Waals surface area contributed by atoms with Crippen molar-refractivity contribution in [2.24, 2.45) is 0 Å². The Labute approximate surface area is 213 Å². The van der Waals surface area contributed by atoms with Crippen LogP contribution in [-0.2, 0) is 28.5 Å². The first kappa shape index (κ1) is 29.6. The van der Waals surface area contributed by atoms with E-state index >= 15 is 0 Å². The number of ether oxygens (including phenoxy) is 4. The summed E-state index contributed by atoms with van der Waals surface area (Å²) >= 11 is 0. The molecule has 0 bridgehead atoms. The van der Waals surface area contributed by atoms with Crippen molar-refractivity contribution in [1.82, 2.24) is 20.4 Å². The van der Waals surface area contributed by atoms with Gasteiger partial charge in [-0.05, 0) is 55.4 Å². The van der Waals surface area contributed by atoms with Crippen molar-refractivity contribution in [3.8, 4) is 0 Å². The third-order valence-electron chi connectivity index (χ3n) is 5.56. The number of hydrogen-bond donors (Lipinski definition) is 2. The van der Waals surface area contributed by atoms with E-state index in [0.29, 0.717) is 13.1 Å². The summed E-state index contributed by atoms with van der Waals surface area (Å²) in [7, 11) is 0. The fourth-order valence-corrected chi connectivity index (χ4v) is 3.70. The van der Waals surface area contributed by atoms with Crippen LogP contribution in [0.5, 0.6) is 0 Å². The highest BCUT2D eigenvalue weighted by molar-refractivity contribution is 6.29. The smallest absolute Gasteiger partial charge is 0.417 e. The number of esters is 2. The van der Waals surface area contributed by atoms with Crippen LogP contribution >= 0.6 is 0 Å². The average Bonchev–Trinajstić information content (AvgIpc) is 2.74. The predicted molar refractivity (Wildman–Crippen MR) is 130 cm³/mol.